The molecule has 0 spiro atoms. The summed E-state index contributed by atoms with van der Waals surface area (Å²) >= 11 is 2.43. The fourth-order valence-electron chi connectivity index (χ4n) is 0.785. The second kappa shape index (κ2) is 2.82. The van der Waals surface area contributed by atoms with Gasteiger partial charge >= 0.3 is 0 Å². The maximum atomic E-state index is 2.43. The van der Waals surface area contributed by atoms with Crippen LogP contribution in [-0.4, -0.2) is 22.0 Å². The van der Waals surface area contributed by atoms with Crippen LogP contribution in [-0.2, 0) is 0 Å². The van der Waals surface area contributed by atoms with Crippen molar-refractivity contribution >= 4 is 22.6 Å². The summed E-state index contributed by atoms with van der Waals surface area (Å²) in [5, 5.41) is 0. The molecule has 0 aromatic carbocycles. The predicted molar refractivity (Wildman–Crippen MR) is 44.2 cm³/mol. The van der Waals surface area contributed by atoms with Gasteiger partial charge in [-0.15, -0.1) is 0 Å². The molecule has 0 aromatic heterocycles. The quantitative estimate of drug-likeness (QED) is 0.282. The van der Waals surface area contributed by atoms with Crippen LogP contribution in [0.2, 0.25) is 0 Å². The lowest BCUT2D eigenvalue weighted by molar-refractivity contribution is 0.359. The van der Waals surface area contributed by atoms with Crippen LogP contribution in [0.1, 0.15) is 6.92 Å². The average Bonchev–Trinajstić information content (AvgIpc) is 2.12. The summed E-state index contributed by atoms with van der Waals surface area (Å²) in [4.78, 5) is 2.40. The van der Waals surface area contributed by atoms with Crippen LogP contribution in [0.4, 0.5) is 0 Å². The molecular weight excluding hydrogens is 213 g/mol. The minimum atomic E-state index is 0.683. The molecule has 8 heavy (non-hydrogen) atoms. The molecule has 1 unspecified atom stereocenters. The highest BCUT2D eigenvalue weighted by molar-refractivity contribution is 14.1. The average molecular weight is 223 g/mol. The Kier molecular flexibility index (Phi) is 2.31. The van der Waals surface area contributed by atoms with Gasteiger partial charge in [-0.2, -0.15) is 0 Å². The zero-order valence-corrected chi connectivity index (χ0v) is 7.13. The van der Waals surface area contributed by atoms with E-state index in [1.54, 1.807) is 0 Å². The summed E-state index contributed by atoms with van der Waals surface area (Å²) in [7, 11) is 0. The molecule has 0 aromatic rings. The van der Waals surface area contributed by atoms with Gasteiger partial charge in [-0.1, -0.05) is 34.7 Å². The van der Waals surface area contributed by atoms with Gasteiger partial charge in [0, 0.05) is 13.1 Å². The first-order chi connectivity index (χ1) is 3.80. The molecule has 1 heterocycles. The van der Waals surface area contributed by atoms with E-state index in [-0.39, 0.29) is 0 Å². The van der Waals surface area contributed by atoms with Gasteiger partial charge in [-0.3, -0.25) is 4.90 Å². The van der Waals surface area contributed by atoms with Crippen molar-refractivity contribution in [3.8, 4) is 0 Å². The first kappa shape index (κ1) is 6.55. The molecule has 1 aliphatic heterocycles. The number of hydrogen-bond acceptors (Lipinski definition) is 1. The summed E-state index contributed by atoms with van der Waals surface area (Å²) in [6, 6.07) is 0. The number of nitrogens with zero attached hydrogens (tertiary/aromatic N) is 1. The first-order valence-corrected chi connectivity index (χ1v) is 4.08. The maximum Gasteiger partial charge on any atom is 0.0595 e. The molecule has 0 fully saturated rings. The van der Waals surface area contributed by atoms with Crippen LogP contribution >= 0.6 is 22.6 Å². The molecule has 0 bridgehead atoms. The highest BCUT2D eigenvalue weighted by atomic mass is 127. The van der Waals surface area contributed by atoms with E-state index in [1.807, 2.05) is 0 Å². The third kappa shape index (κ3) is 1.45. The zero-order chi connectivity index (χ0) is 5.98. The Morgan fingerprint density at radius 3 is 2.25 bits per heavy atom. The van der Waals surface area contributed by atoms with Gasteiger partial charge in [0.05, 0.1) is 4.05 Å². The van der Waals surface area contributed by atoms with Crippen molar-refractivity contribution in [1.29, 1.82) is 0 Å². The van der Waals surface area contributed by atoms with E-state index in [9.17, 15) is 0 Å². The van der Waals surface area contributed by atoms with Gasteiger partial charge in [0.25, 0.3) is 0 Å². The van der Waals surface area contributed by atoms with Crippen LogP contribution in [0.15, 0.2) is 12.2 Å². The number of rotatable bonds is 1. The van der Waals surface area contributed by atoms with E-state index in [0.717, 1.165) is 13.1 Å². The number of alkyl halides is 1. The SMILES string of the molecule is CC(I)N1CC=CC1. The largest absolute Gasteiger partial charge is 0.284 e. The van der Waals surface area contributed by atoms with Gasteiger partial charge in [0.2, 0.25) is 0 Å². The van der Waals surface area contributed by atoms with Crippen molar-refractivity contribution in [2.45, 2.75) is 11.0 Å². The van der Waals surface area contributed by atoms with Crippen molar-refractivity contribution in [3.05, 3.63) is 12.2 Å². The number of halogens is 1. The highest BCUT2D eigenvalue weighted by Crippen LogP contribution is 2.09. The summed E-state index contributed by atoms with van der Waals surface area (Å²) in [5.41, 5.74) is 0. The summed E-state index contributed by atoms with van der Waals surface area (Å²) in [6.45, 7) is 4.50. The Hall–Kier alpha value is 0.430. The Bertz CT molecular complexity index is 90.7. The molecule has 0 saturated carbocycles. The molecule has 1 rings (SSSR count). The fourth-order valence-corrected chi connectivity index (χ4v) is 1.24. The van der Waals surface area contributed by atoms with Gasteiger partial charge in [-0.25, -0.2) is 0 Å². The van der Waals surface area contributed by atoms with E-state index in [0.29, 0.717) is 4.05 Å². The molecule has 2 heteroatoms. The lowest BCUT2D eigenvalue weighted by Crippen LogP contribution is -2.25. The van der Waals surface area contributed by atoms with Gasteiger partial charge in [0.15, 0.2) is 0 Å². The molecule has 46 valence electrons. The first-order valence-electron chi connectivity index (χ1n) is 2.84. The Labute approximate surface area is 63.9 Å². The van der Waals surface area contributed by atoms with Crippen LogP contribution < -0.4 is 0 Å². The van der Waals surface area contributed by atoms with Crippen molar-refractivity contribution < 1.29 is 0 Å². The molecule has 1 aliphatic rings. The van der Waals surface area contributed by atoms with Crippen LogP contribution in [0.5, 0.6) is 0 Å². The minimum absolute atomic E-state index is 0.683. The minimum Gasteiger partial charge on any atom is -0.284 e. The van der Waals surface area contributed by atoms with E-state index < -0.39 is 0 Å². The second-order valence-electron chi connectivity index (χ2n) is 2.00. The molecular formula is C6H10IN. The van der Waals surface area contributed by atoms with E-state index in [1.165, 1.54) is 0 Å². The molecule has 0 saturated heterocycles. The van der Waals surface area contributed by atoms with Crippen LogP contribution in [0.3, 0.4) is 0 Å². The van der Waals surface area contributed by atoms with Gasteiger partial charge < -0.3 is 0 Å². The topological polar surface area (TPSA) is 3.24 Å². The van der Waals surface area contributed by atoms with Gasteiger partial charge in [0.1, 0.15) is 0 Å². The molecule has 0 amide bonds. The molecule has 0 N–H and O–H groups in total. The number of hydrogen-bond donors (Lipinski definition) is 0. The fraction of sp³-hybridized carbons (Fsp3) is 0.667. The lowest BCUT2D eigenvalue weighted by Gasteiger charge is -2.16. The third-order valence-corrected chi connectivity index (χ3v) is 2.14. The Morgan fingerprint density at radius 1 is 1.50 bits per heavy atom. The monoisotopic (exact) mass is 223 g/mol. The molecule has 0 radical (unpaired) electrons. The van der Waals surface area contributed by atoms with Crippen LogP contribution in [0.25, 0.3) is 0 Å². The van der Waals surface area contributed by atoms with Crippen molar-refractivity contribution in [3.63, 3.8) is 0 Å². The van der Waals surface area contributed by atoms with Gasteiger partial charge in [-0.05, 0) is 6.92 Å². The van der Waals surface area contributed by atoms with Crippen molar-refractivity contribution in [2.24, 2.45) is 0 Å². The van der Waals surface area contributed by atoms with Crippen molar-refractivity contribution in [1.82, 2.24) is 4.90 Å². The standard InChI is InChI=1S/C6H10IN/c1-6(7)8-4-2-3-5-8/h2-3,6H,4-5H2,1H3. The predicted octanol–water partition coefficient (Wildman–Crippen LogP) is 1.64. The van der Waals surface area contributed by atoms with E-state index in [2.05, 4.69) is 46.6 Å². The molecule has 0 aliphatic carbocycles. The second-order valence-corrected chi connectivity index (χ2v) is 3.80. The zero-order valence-electron chi connectivity index (χ0n) is 4.97. The van der Waals surface area contributed by atoms with Crippen LogP contribution in [0, 0.1) is 0 Å². The summed E-state index contributed by atoms with van der Waals surface area (Å²) in [5.74, 6) is 0. The smallest absolute Gasteiger partial charge is 0.0595 e. The van der Waals surface area contributed by atoms with E-state index in [4.69, 9.17) is 0 Å². The lowest BCUT2D eigenvalue weighted by atomic mass is 10.6. The normalized spacial score (nSPS) is 24.2. The van der Waals surface area contributed by atoms with E-state index >= 15 is 0 Å². The summed E-state index contributed by atoms with van der Waals surface area (Å²) in [6.07, 6.45) is 4.43. The molecule has 1 nitrogen and oxygen atoms in total. The summed E-state index contributed by atoms with van der Waals surface area (Å²) < 4.78 is 0.683. The third-order valence-electron chi connectivity index (χ3n) is 1.35. The highest BCUT2D eigenvalue weighted by Gasteiger charge is 2.09. The maximum absolute atomic E-state index is 2.43. The Balaban J connectivity index is 2.29. The van der Waals surface area contributed by atoms with Crippen molar-refractivity contribution in [2.75, 3.05) is 13.1 Å². The Morgan fingerprint density at radius 2 is 2.00 bits per heavy atom. The molecule has 1 atom stereocenters.